The van der Waals surface area contributed by atoms with Crippen molar-refractivity contribution in [2.24, 2.45) is 0 Å². The minimum absolute atomic E-state index is 0.452. The first kappa shape index (κ1) is 13.3. The molecule has 1 aromatic carbocycles. The van der Waals surface area contributed by atoms with Crippen molar-refractivity contribution in [2.45, 2.75) is 6.42 Å². The summed E-state index contributed by atoms with van der Waals surface area (Å²) in [6.45, 7) is 0.452. The predicted molar refractivity (Wildman–Crippen MR) is 86.1 cm³/mol. The predicted octanol–water partition coefficient (Wildman–Crippen LogP) is 4.29. The molecule has 0 atom stereocenters. The zero-order chi connectivity index (χ0) is 15.2. The molecule has 0 bridgehead atoms. The highest BCUT2D eigenvalue weighted by atomic mass is 79.9. The Morgan fingerprint density at radius 2 is 2.20 bits per heavy atom. The molecule has 0 amide bonds. The lowest BCUT2D eigenvalue weighted by Crippen LogP contribution is -2.02. The van der Waals surface area contributed by atoms with E-state index in [0.29, 0.717) is 12.6 Å². The third-order valence-electron chi connectivity index (χ3n) is 2.97. The van der Waals surface area contributed by atoms with Crippen LogP contribution < -0.4 is 10.1 Å². The van der Waals surface area contributed by atoms with Crippen molar-refractivity contribution in [2.75, 3.05) is 26.1 Å². The second-order valence-electron chi connectivity index (χ2n) is 4.25. The summed E-state index contributed by atoms with van der Waals surface area (Å²) >= 11 is 3.41. The standard InChI is InChI=1S/C16H18BrNO2/c1-19-14-6-3-12(4-7-14)9-10-18-15-8-5-13(17)11-16(15)20-2/h3,5-9,11,18H,4,10H2,1-2H3/b12-9+/i9D. The number of allylic oxidation sites excluding steroid dienone is 4. The van der Waals surface area contributed by atoms with E-state index in [4.69, 9.17) is 10.8 Å². The summed E-state index contributed by atoms with van der Waals surface area (Å²) < 4.78 is 19.6. The van der Waals surface area contributed by atoms with Gasteiger partial charge in [-0.25, -0.2) is 0 Å². The Kier molecular flexibility index (Phi) is 4.79. The quantitative estimate of drug-likeness (QED) is 0.870. The molecule has 0 heterocycles. The van der Waals surface area contributed by atoms with E-state index in [9.17, 15) is 0 Å². The van der Waals surface area contributed by atoms with Crippen LogP contribution in [0.5, 0.6) is 5.75 Å². The lowest BCUT2D eigenvalue weighted by Gasteiger charge is -2.11. The van der Waals surface area contributed by atoms with Gasteiger partial charge in [0, 0.05) is 11.0 Å². The molecule has 0 saturated heterocycles. The molecule has 0 saturated carbocycles. The molecule has 2 rings (SSSR count). The van der Waals surface area contributed by atoms with Gasteiger partial charge in [-0.05, 0) is 42.3 Å². The largest absolute Gasteiger partial charge is 0.497 e. The minimum Gasteiger partial charge on any atom is -0.497 e. The molecule has 0 unspecified atom stereocenters. The monoisotopic (exact) mass is 336 g/mol. The fourth-order valence-corrected chi connectivity index (χ4v) is 2.22. The number of hydrogen-bond donors (Lipinski definition) is 1. The Bertz CT molecular complexity index is 608. The number of hydrogen-bond acceptors (Lipinski definition) is 3. The number of ether oxygens (including phenoxy) is 2. The SMILES string of the molecule is [2H]/C(CNc1ccc(Br)cc1OC)=C1/C=CC(OC)=CC1. The highest BCUT2D eigenvalue weighted by Gasteiger charge is 2.03. The first-order valence-corrected chi connectivity index (χ1v) is 7.11. The van der Waals surface area contributed by atoms with Gasteiger partial charge < -0.3 is 14.8 Å². The molecular weight excluding hydrogens is 318 g/mol. The highest BCUT2D eigenvalue weighted by molar-refractivity contribution is 9.10. The highest BCUT2D eigenvalue weighted by Crippen LogP contribution is 2.28. The molecule has 0 aliphatic heterocycles. The molecular formula is C16H18BrNO2. The van der Waals surface area contributed by atoms with Crippen molar-refractivity contribution in [1.29, 1.82) is 0 Å². The third-order valence-corrected chi connectivity index (χ3v) is 3.46. The maximum absolute atomic E-state index is 8.15. The fourth-order valence-electron chi connectivity index (χ4n) is 1.88. The Hall–Kier alpha value is -1.68. The van der Waals surface area contributed by atoms with Gasteiger partial charge in [0.15, 0.2) is 0 Å². The minimum atomic E-state index is 0.452. The molecule has 1 aromatic rings. The van der Waals surface area contributed by atoms with Crippen LogP contribution in [0.3, 0.4) is 0 Å². The Morgan fingerprint density at radius 1 is 1.35 bits per heavy atom. The lowest BCUT2D eigenvalue weighted by molar-refractivity contribution is 0.304. The molecule has 20 heavy (non-hydrogen) atoms. The first-order chi connectivity index (χ1) is 10.1. The molecule has 1 N–H and O–H groups in total. The average Bonchev–Trinajstić information content (AvgIpc) is 2.53. The smallest absolute Gasteiger partial charge is 0.143 e. The number of benzene rings is 1. The van der Waals surface area contributed by atoms with Crippen LogP contribution in [0.4, 0.5) is 5.69 Å². The Morgan fingerprint density at radius 3 is 2.85 bits per heavy atom. The number of rotatable bonds is 5. The molecule has 3 nitrogen and oxygen atoms in total. The Balaban J connectivity index is 2.04. The maximum atomic E-state index is 8.15. The van der Waals surface area contributed by atoms with Gasteiger partial charge in [-0.3, -0.25) is 0 Å². The summed E-state index contributed by atoms with van der Waals surface area (Å²) in [5.74, 6) is 1.59. The molecule has 106 valence electrons. The van der Waals surface area contributed by atoms with Gasteiger partial charge in [0.05, 0.1) is 21.3 Å². The topological polar surface area (TPSA) is 30.5 Å². The lowest BCUT2D eigenvalue weighted by atomic mass is 10.1. The van der Waals surface area contributed by atoms with Crippen LogP contribution in [0.1, 0.15) is 7.79 Å². The van der Waals surface area contributed by atoms with E-state index in [1.807, 2.05) is 36.4 Å². The molecule has 1 aliphatic carbocycles. The van der Waals surface area contributed by atoms with Crippen molar-refractivity contribution >= 4 is 21.6 Å². The van der Waals surface area contributed by atoms with Gasteiger partial charge in [0.1, 0.15) is 11.5 Å². The number of methoxy groups -OCH3 is 2. The average molecular weight is 337 g/mol. The van der Waals surface area contributed by atoms with Crippen LogP contribution in [-0.4, -0.2) is 20.8 Å². The zero-order valence-electron chi connectivity index (χ0n) is 12.6. The van der Waals surface area contributed by atoms with Crippen LogP contribution in [0.25, 0.3) is 0 Å². The molecule has 1 aliphatic rings. The fraction of sp³-hybridized carbons (Fsp3) is 0.250. The summed E-state index contributed by atoms with van der Waals surface area (Å²) in [6, 6.07) is 6.33. The summed E-state index contributed by atoms with van der Waals surface area (Å²) in [6.07, 6.45) is 6.51. The normalized spacial score (nSPS) is 17.1. The van der Waals surface area contributed by atoms with Crippen molar-refractivity contribution < 1.29 is 10.8 Å². The van der Waals surface area contributed by atoms with E-state index in [-0.39, 0.29) is 0 Å². The van der Waals surface area contributed by atoms with E-state index in [1.165, 1.54) is 0 Å². The summed E-state index contributed by atoms with van der Waals surface area (Å²) in [4.78, 5) is 0. The second kappa shape index (κ2) is 7.20. The summed E-state index contributed by atoms with van der Waals surface area (Å²) in [5.41, 5.74) is 1.86. The van der Waals surface area contributed by atoms with E-state index < -0.39 is 0 Å². The maximum Gasteiger partial charge on any atom is 0.143 e. The molecule has 0 aromatic heterocycles. The van der Waals surface area contributed by atoms with E-state index in [1.54, 1.807) is 14.2 Å². The number of nitrogens with one attached hydrogen (secondary N) is 1. The van der Waals surface area contributed by atoms with Crippen LogP contribution in [0.2, 0.25) is 0 Å². The Labute approximate surface area is 129 Å². The summed E-state index contributed by atoms with van der Waals surface area (Å²) in [7, 11) is 3.28. The molecule has 0 spiro atoms. The first-order valence-electron chi connectivity index (χ1n) is 6.82. The molecule has 4 heteroatoms. The van der Waals surface area contributed by atoms with Crippen LogP contribution in [-0.2, 0) is 4.74 Å². The van der Waals surface area contributed by atoms with Crippen molar-refractivity contribution in [3.8, 4) is 5.75 Å². The van der Waals surface area contributed by atoms with E-state index in [0.717, 1.165) is 33.7 Å². The zero-order valence-corrected chi connectivity index (χ0v) is 13.2. The van der Waals surface area contributed by atoms with Gasteiger partial charge in [0.25, 0.3) is 0 Å². The number of halogens is 1. The van der Waals surface area contributed by atoms with Gasteiger partial charge in [-0.1, -0.05) is 28.1 Å². The van der Waals surface area contributed by atoms with Crippen molar-refractivity contribution in [3.63, 3.8) is 0 Å². The summed E-state index contributed by atoms with van der Waals surface area (Å²) in [5, 5.41) is 3.24. The van der Waals surface area contributed by atoms with Crippen LogP contribution in [0, 0.1) is 0 Å². The van der Waals surface area contributed by atoms with Crippen molar-refractivity contribution in [3.05, 3.63) is 58.3 Å². The molecule has 0 radical (unpaired) electrons. The van der Waals surface area contributed by atoms with Gasteiger partial charge >= 0.3 is 0 Å². The van der Waals surface area contributed by atoms with Gasteiger partial charge in [0.2, 0.25) is 0 Å². The van der Waals surface area contributed by atoms with Gasteiger partial charge in [-0.2, -0.15) is 0 Å². The number of anilines is 1. The second-order valence-corrected chi connectivity index (χ2v) is 5.16. The van der Waals surface area contributed by atoms with Crippen LogP contribution >= 0.6 is 15.9 Å². The molecule has 0 fully saturated rings. The third kappa shape index (κ3) is 3.90. The van der Waals surface area contributed by atoms with Gasteiger partial charge in [-0.15, -0.1) is 0 Å². The van der Waals surface area contributed by atoms with Crippen LogP contribution in [0.15, 0.2) is 58.3 Å². The van der Waals surface area contributed by atoms with E-state index in [2.05, 4.69) is 21.2 Å². The van der Waals surface area contributed by atoms with E-state index >= 15 is 0 Å². The van der Waals surface area contributed by atoms with Crippen molar-refractivity contribution in [1.82, 2.24) is 0 Å².